The maximum atomic E-state index is 12.0. The number of carboxylic acid groups (broad SMARTS) is 1. The molecule has 0 bridgehead atoms. The van der Waals surface area contributed by atoms with Crippen LogP contribution in [0.4, 0.5) is 5.69 Å². The number of carbonyl (C=O) groups excluding carboxylic acids is 1. The van der Waals surface area contributed by atoms with Crippen LogP contribution in [0.1, 0.15) is 23.2 Å². The summed E-state index contributed by atoms with van der Waals surface area (Å²) in [7, 11) is 0. The van der Waals surface area contributed by atoms with Gasteiger partial charge in [0.2, 0.25) is 5.91 Å². The van der Waals surface area contributed by atoms with Crippen LogP contribution in [-0.4, -0.2) is 35.3 Å². The van der Waals surface area contributed by atoms with Gasteiger partial charge in [-0.15, -0.1) is 0 Å². The maximum Gasteiger partial charge on any atom is 0.339 e. The number of phenols is 1. The molecular formula is C13H15NO5. The minimum atomic E-state index is -1.24. The first-order chi connectivity index (χ1) is 9.08. The Kier molecular flexibility index (Phi) is 4.01. The van der Waals surface area contributed by atoms with Crippen molar-refractivity contribution in [3.8, 4) is 5.75 Å². The van der Waals surface area contributed by atoms with Gasteiger partial charge in [0.1, 0.15) is 11.3 Å². The van der Waals surface area contributed by atoms with Crippen LogP contribution >= 0.6 is 0 Å². The summed E-state index contributed by atoms with van der Waals surface area (Å²) in [6.07, 6.45) is 1.32. The molecule has 0 saturated carbocycles. The van der Waals surface area contributed by atoms with Gasteiger partial charge in [-0.25, -0.2) is 4.79 Å². The van der Waals surface area contributed by atoms with Gasteiger partial charge in [0, 0.05) is 24.8 Å². The van der Waals surface area contributed by atoms with Gasteiger partial charge in [0.15, 0.2) is 0 Å². The molecule has 0 spiro atoms. The van der Waals surface area contributed by atoms with Gasteiger partial charge in [-0.1, -0.05) is 0 Å². The smallest absolute Gasteiger partial charge is 0.339 e. The van der Waals surface area contributed by atoms with Gasteiger partial charge in [-0.05, 0) is 31.0 Å². The minimum absolute atomic E-state index is 0.115. The standard InChI is InChI=1S/C13H15NO5/c15-11-2-1-9(7-10(11)13(17)18)14-12(16)8-3-5-19-6-4-8/h1-2,7-8,15H,3-6H2,(H,14,16)(H,17,18). The van der Waals surface area contributed by atoms with Crippen LogP contribution in [0.2, 0.25) is 0 Å². The zero-order chi connectivity index (χ0) is 13.8. The number of hydrogen-bond acceptors (Lipinski definition) is 4. The Morgan fingerprint density at radius 1 is 1.26 bits per heavy atom. The number of hydrogen-bond donors (Lipinski definition) is 3. The van der Waals surface area contributed by atoms with Crippen molar-refractivity contribution >= 4 is 17.6 Å². The van der Waals surface area contributed by atoms with Crippen LogP contribution in [0.3, 0.4) is 0 Å². The average Bonchev–Trinajstić information content (AvgIpc) is 2.41. The van der Waals surface area contributed by atoms with Crippen molar-refractivity contribution in [1.29, 1.82) is 0 Å². The van der Waals surface area contributed by atoms with Crippen molar-refractivity contribution in [2.24, 2.45) is 5.92 Å². The Balaban J connectivity index is 2.08. The summed E-state index contributed by atoms with van der Waals surface area (Å²) in [5.41, 5.74) is 0.136. The Bertz CT molecular complexity index is 494. The van der Waals surface area contributed by atoms with E-state index in [0.29, 0.717) is 31.7 Å². The molecule has 1 aromatic rings. The van der Waals surface area contributed by atoms with Crippen LogP contribution in [0.25, 0.3) is 0 Å². The van der Waals surface area contributed by atoms with E-state index in [1.165, 1.54) is 18.2 Å². The SMILES string of the molecule is O=C(O)c1cc(NC(=O)C2CCOCC2)ccc1O. The van der Waals surface area contributed by atoms with Crippen molar-refractivity contribution in [3.63, 3.8) is 0 Å². The molecule has 1 saturated heterocycles. The van der Waals surface area contributed by atoms with Crippen LogP contribution in [-0.2, 0) is 9.53 Å². The molecule has 3 N–H and O–H groups in total. The predicted octanol–water partition coefficient (Wildman–Crippen LogP) is 1.46. The molecule has 19 heavy (non-hydrogen) atoms. The fraction of sp³-hybridized carbons (Fsp3) is 0.385. The van der Waals surface area contributed by atoms with Gasteiger partial charge in [0.25, 0.3) is 0 Å². The Labute approximate surface area is 110 Å². The molecule has 1 aromatic carbocycles. The zero-order valence-corrected chi connectivity index (χ0v) is 10.3. The highest BCUT2D eigenvalue weighted by molar-refractivity contribution is 5.96. The fourth-order valence-electron chi connectivity index (χ4n) is 1.99. The molecule has 0 aromatic heterocycles. The maximum absolute atomic E-state index is 12.0. The Morgan fingerprint density at radius 3 is 2.58 bits per heavy atom. The Morgan fingerprint density at radius 2 is 1.95 bits per heavy atom. The van der Waals surface area contributed by atoms with E-state index in [9.17, 15) is 14.7 Å². The highest BCUT2D eigenvalue weighted by Crippen LogP contribution is 2.23. The van der Waals surface area contributed by atoms with E-state index >= 15 is 0 Å². The number of nitrogens with one attached hydrogen (secondary N) is 1. The first-order valence-electron chi connectivity index (χ1n) is 6.03. The molecule has 1 fully saturated rings. The number of rotatable bonds is 3. The van der Waals surface area contributed by atoms with E-state index in [0.717, 1.165) is 0 Å². The van der Waals surface area contributed by atoms with Crippen LogP contribution in [0.5, 0.6) is 5.75 Å². The number of aromatic carboxylic acids is 1. The molecule has 1 aliphatic rings. The summed E-state index contributed by atoms with van der Waals surface area (Å²) in [6.45, 7) is 1.13. The molecular weight excluding hydrogens is 250 g/mol. The highest BCUT2D eigenvalue weighted by Gasteiger charge is 2.22. The third-order valence-electron chi connectivity index (χ3n) is 3.09. The summed E-state index contributed by atoms with van der Waals surface area (Å²) in [4.78, 5) is 22.8. The van der Waals surface area contributed by atoms with Crippen LogP contribution in [0, 0.1) is 5.92 Å². The van der Waals surface area contributed by atoms with Crippen molar-refractivity contribution in [2.45, 2.75) is 12.8 Å². The second-order valence-electron chi connectivity index (χ2n) is 4.41. The fourth-order valence-corrected chi connectivity index (χ4v) is 1.99. The topological polar surface area (TPSA) is 95.9 Å². The summed E-state index contributed by atoms with van der Waals surface area (Å²) in [5.74, 6) is -1.82. The lowest BCUT2D eigenvalue weighted by Gasteiger charge is -2.21. The molecule has 1 heterocycles. The molecule has 0 aliphatic carbocycles. The number of anilines is 1. The quantitative estimate of drug-likeness (QED) is 0.719. The van der Waals surface area contributed by atoms with Crippen molar-refractivity contribution < 1.29 is 24.5 Å². The Hall–Kier alpha value is -2.08. The number of benzene rings is 1. The van der Waals surface area contributed by atoms with Gasteiger partial charge in [-0.3, -0.25) is 4.79 Å². The van der Waals surface area contributed by atoms with Crippen LogP contribution < -0.4 is 5.32 Å². The summed E-state index contributed by atoms with van der Waals surface area (Å²) in [6, 6.07) is 3.97. The zero-order valence-electron chi connectivity index (χ0n) is 10.3. The van der Waals surface area contributed by atoms with Crippen molar-refractivity contribution in [2.75, 3.05) is 18.5 Å². The molecule has 6 heteroatoms. The molecule has 0 unspecified atom stereocenters. The van der Waals surface area contributed by atoms with E-state index in [-0.39, 0.29) is 23.1 Å². The second-order valence-corrected chi connectivity index (χ2v) is 4.41. The third kappa shape index (κ3) is 3.23. The number of carbonyl (C=O) groups is 2. The van der Waals surface area contributed by atoms with Crippen molar-refractivity contribution in [3.05, 3.63) is 23.8 Å². The van der Waals surface area contributed by atoms with Gasteiger partial charge >= 0.3 is 5.97 Å². The van der Waals surface area contributed by atoms with Crippen molar-refractivity contribution in [1.82, 2.24) is 0 Å². The summed E-state index contributed by atoms with van der Waals surface area (Å²) in [5, 5.41) is 20.9. The van der Waals surface area contributed by atoms with Gasteiger partial charge in [-0.2, -0.15) is 0 Å². The lowest BCUT2D eigenvalue weighted by atomic mass is 9.99. The molecule has 2 rings (SSSR count). The van der Waals surface area contributed by atoms with E-state index in [4.69, 9.17) is 9.84 Å². The van der Waals surface area contributed by atoms with E-state index < -0.39 is 5.97 Å². The number of aromatic hydroxyl groups is 1. The molecule has 102 valence electrons. The lowest BCUT2D eigenvalue weighted by Crippen LogP contribution is -2.28. The molecule has 0 radical (unpaired) electrons. The molecule has 6 nitrogen and oxygen atoms in total. The van der Waals surface area contributed by atoms with E-state index in [1.807, 2.05) is 0 Å². The number of carboxylic acids is 1. The van der Waals surface area contributed by atoms with E-state index in [1.54, 1.807) is 0 Å². The molecule has 0 atom stereocenters. The lowest BCUT2D eigenvalue weighted by molar-refractivity contribution is -0.122. The van der Waals surface area contributed by atoms with Gasteiger partial charge < -0.3 is 20.3 Å². The van der Waals surface area contributed by atoms with Crippen LogP contribution in [0.15, 0.2) is 18.2 Å². The predicted molar refractivity (Wildman–Crippen MR) is 67.2 cm³/mol. The van der Waals surface area contributed by atoms with Gasteiger partial charge in [0.05, 0.1) is 0 Å². The second kappa shape index (κ2) is 5.71. The average molecular weight is 265 g/mol. The number of ether oxygens (including phenoxy) is 1. The number of amides is 1. The molecule has 1 amide bonds. The largest absolute Gasteiger partial charge is 0.507 e. The summed E-state index contributed by atoms with van der Waals surface area (Å²) >= 11 is 0. The third-order valence-corrected chi connectivity index (χ3v) is 3.09. The first-order valence-corrected chi connectivity index (χ1v) is 6.03. The normalized spacial score (nSPS) is 16.0. The van der Waals surface area contributed by atoms with E-state index in [2.05, 4.69) is 5.32 Å². The monoisotopic (exact) mass is 265 g/mol. The molecule has 1 aliphatic heterocycles. The summed E-state index contributed by atoms with van der Waals surface area (Å²) < 4.78 is 5.18. The minimum Gasteiger partial charge on any atom is -0.507 e. The first kappa shape index (κ1) is 13.4. The highest BCUT2D eigenvalue weighted by atomic mass is 16.5.